The van der Waals surface area contributed by atoms with Gasteiger partial charge < -0.3 is 10.0 Å². The van der Waals surface area contributed by atoms with Crippen LogP contribution in [0.3, 0.4) is 0 Å². The molecule has 2 aliphatic rings. The number of rotatable bonds is 2. The predicted octanol–water partition coefficient (Wildman–Crippen LogP) is 4.14. The van der Waals surface area contributed by atoms with Gasteiger partial charge >= 0.3 is 6.18 Å². The summed E-state index contributed by atoms with van der Waals surface area (Å²) >= 11 is 0. The van der Waals surface area contributed by atoms with Crippen LogP contribution >= 0.6 is 0 Å². The molecule has 2 aromatic rings. The highest BCUT2D eigenvalue weighted by Gasteiger charge is 2.49. The molecule has 26 heavy (non-hydrogen) atoms. The summed E-state index contributed by atoms with van der Waals surface area (Å²) in [5.41, 5.74) is 0.349. The highest BCUT2D eigenvalue weighted by atomic mass is 19.4. The van der Waals surface area contributed by atoms with E-state index in [0.717, 1.165) is 17.2 Å². The maximum Gasteiger partial charge on any atom is 0.433 e. The third-order valence-electron chi connectivity index (χ3n) is 5.77. The van der Waals surface area contributed by atoms with Gasteiger partial charge in [0.2, 0.25) is 0 Å². The Balaban J connectivity index is 1.52. The molecule has 1 aliphatic heterocycles. The molecule has 0 radical (unpaired) electrons. The summed E-state index contributed by atoms with van der Waals surface area (Å²) in [5, 5.41) is 11.2. The summed E-state index contributed by atoms with van der Waals surface area (Å²) in [6.45, 7) is 3.26. The van der Waals surface area contributed by atoms with Crippen molar-refractivity contribution in [2.24, 2.45) is 11.8 Å². The van der Waals surface area contributed by atoms with Crippen molar-refractivity contribution in [2.75, 3.05) is 18.0 Å². The van der Waals surface area contributed by atoms with Crippen LogP contribution in [0.4, 0.5) is 19.0 Å². The van der Waals surface area contributed by atoms with Crippen LogP contribution < -0.4 is 4.90 Å². The molecule has 3 nitrogen and oxygen atoms in total. The van der Waals surface area contributed by atoms with Gasteiger partial charge in [-0.25, -0.2) is 4.98 Å². The quantitative estimate of drug-likeness (QED) is 0.872. The Morgan fingerprint density at radius 3 is 2.31 bits per heavy atom. The Kier molecular flexibility index (Phi) is 3.99. The molecule has 1 saturated heterocycles. The molecule has 1 aromatic carbocycles. The number of aromatic nitrogens is 1. The number of halogens is 3. The van der Waals surface area contributed by atoms with E-state index in [1.165, 1.54) is 6.07 Å². The van der Waals surface area contributed by atoms with Crippen LogP contribution in [0.2, 0.25) is 0 Å². The second kappa shape index (κ2) is 5.98. The van der Waals surface area contributed by atoms with Crippen LogP contribution in [0.15, 0.2) is 42.5 Å². The minimum Gasteiger partial charge on any atom is -0.385 e. The Hall–Kier alpha value is -2.08. The summed E-state index contributed by atoms with van der Waals surface area (Å²) < 4.78 is 38.7. The molecule has 2 fully saturated rings. The standard InChI is InChI=1S/C20H21F3N2O/c1-13-5-2-3-6-16(13)19(26)9-14-11-25(12-15(14)10-19)18-8-4-7-17(24-18)20(21,22)23/h2-8,14-15,26H,9-12H2,1H3/t14-,15+,19?. The fraction of sp³-hybridized carbons (Fsp3) is 0.450. The molecule has 2 heterocycles. The zero-order valence-electron chi connectivity index (χ0n) is 14.5. The summed E-state index contributed by atoms with van der Waals surface area (Å²) in [4.78, 5) is 5.72. The second-order valence-corrected chi connectivity index (χ2v) is 7.56. The zero-order chi connectivity index (χ0) is 18.5. The zero-order valence-corrected chi connectivity index (χ0v) is 14.5. The molecule has 1 unspecified atom stereocenters. The van der Waals surface area contributed by atoms with Crippen LogP contribution in [-0.4, -0.2) is 23.2 Å². The highest BCUT2D eigenvalue weighted by Crippen LogP contribution is 2.50. The molecule has 0 spiro atoms. The molecule has 1 aromatic heterocycles. The Bertz CT molecular complexity index is 807. The van der Waals surface area contributed by atoms with E-state index in [2.05, 4.69) is 4.98 Å². The number of pyridine rings is 1. The van der Waals surface area contributed by atoms with Crippen LogP contribution in [0.1, 0.15) is 29.7 Å². The fourth-order valence-corrected chi connectivity index (χ4v) is 4.61. The van der Waals surface area contributed by atoms with Gasteiger partial charge in [-0.1, -0.05) is 30.3 Å². The van der Waals surface area contributed by atoms with Gasteiger partial charge in [-0.15, -0.1) is 0 Å². The summed E-state index contributed by atoms with van der Waals surface area (Å²) in [6.07, 6.45) is -3.16. The van der Waals surface area contributed by atoms with Crippen LogP contribution in [-0.2, 0) is 11.8 Å². The maximum absolute atomic E-state index is 12.9. The highest BCUT2D eigenvalue weighted by molar-refractivity contribution is 5.42. The summed E-state index contributed by atoms with van der Waals surface area (Å²) in [7, 11) is 0. The van der Waals surface area contributed by atoms with Crippen molar-refractivity contribution in [2.45, 2.75) is 31.5 Å². The molecular weight excluding hydrogens is 341 g/mol. The molecule has 4 rings (SSSR count). The van der Waals surface area contributed by atoms with Crippen molar-refractivity contribution in [3.8, 4) is 0 Å². The SMILES string of the molecule is Cc1ccccc1C1(O)C[C@H]2CN(c3cccc(C(F)(F)F)n3)C[C@H]2C1. The van der Waals surface area contributed by atoms with Gasteiger partial charge in [-0.2, -0.15) is 13.2 Å². The van der Waals surface area contributed by atoms with E-state index in [1.807, 2.05) is 36.1 Å². The first-order chi connectivity index (χ1) is 12.3. The molecule has 0 amide bonds. The van der Waals surface area contributed by atoms with Crippen molar-refractivity contribution in [1.82, 2.24) is 4.98 Å². The molecule has 1 N–H and O–H groups in total. The third kappa shape index (κ3) is 2.96. The van der Waals surface area contributed by atoms with E-state index in [1.54, 1.807) is 6.07 Å². The van der Waals surface area contributed by atoms with Crippen molar-refractivity contribution >= 4 is 5.82 Å². The Morgan fingerprint density at radius 1 is 1.04 bits per heavy atom. The van der Waals surface area contributed by atoms with Crippen molar-refractivity contribution < 1.29 is 18.3 Å². The number of alkyl halides is 3. The number of fused-ring (bicyclic) bond motifs is 1. The van der Waals surface area contributed by atoms with Gasteiger partial charge in [0.15, 0.2) is 0 Å². The molecule has 1 aliphatic carbocycles. The average Bonchev–Trinajstić information content (AvgIpc) is 3.10. The number of hydrogen-bond donors (Lipinski definition) is 1. The first-order valence-electron chi connectivity index (χ1n) is 8.84. The van der Waals surface area contributed by atoms with Crippen molar-refractivity contribution in [3.05, 3.63) is 59.3 Å². The van der Waals surface area contributed by atoms with Gasteiger partial charge in [0, 0.05) is 13.1 Å². The molecule has 0 bridgehead atoms. The molecule has 1 saturated carbocycles. The number of nitrogens with zero attached hydrogens (tertiary/aromatic N) is 2. The van der Waals surface area contributed by atoms with Gasteiger partial charge in [0.05, 0.1) is 5.60 Å². The number of anilines is 1. The van der Waals surface area contributed by atoms with Gasteiger partial charge in [-0.3, -0.25) is 0 Å². The third-order valence-corrected chi connectivity index (χ3v) is 5.77. The monoisotopic (exact) mass is 362 g/mol. The molecule has 138 valence electrons. The topological polar surface area (TPSA) is 36.4 Å². The second-order valence-electron chi connectivity index (χ2n) is 7.56. The lowest BCUT2D eigenvalue weighted by atomic mass is 9.87. The van der Waals surface area contributed by atoms with E-state index in [-0.39, 0.29) is 11.8 Å². The van der Waals surface area contributed by atoms with Crippen LogP contribution in [0.5, 0.6) is 0 Å². The maximum atomic E-state index is 12.9. The van der Waals surface area contributed by atoms with E-state index >= 15 is 0 Å². The smallest absolute Gasteiger partial charge is 0.385 e. The molecule has 6 heteroatoms. The van der Waals surface area contributed by atoms with E-state index in [4.69, 9.17) is 0 Å². The van der Waals surface area contributed by atoms with E-state index in [9.17, 15) is 18.3 Å². The van der Waals surface area contributed by atoms with Gasteiger partial charge in [0.25, 0.3) is 0 Å². The van der Waals surface area contributed by atoms with Crippen LogP contribution in [0, 0.1) is 18.8 Å². The first kappa shape index (κ1) is 17.3. The number of aliphatic hydroxyl groups is 1. The minimum atomic E-state index is -4.43. The predicted molar refractivity (Wildman–Crippen MR) is 92.7 cm³/mol. The molecular formula is C20H21F3N2O. The van der Waals surface area contributed by atoms with E-state index < -0.39 is 17.5 Å². The largest absolute Gasteiger partial charge is 0.433 e. The molecule has 3 atom stereocenters. The average molecular weight is 362 g/mol. The van der Waals surface area contributed by atoms with Crippen LogP contribution in [0.25, 0.3) is 0 Å². The Labute approximate surface area is 150 Å². The lowest BCUT2D eigenvalue weighted by molar-refractivity contribution is -0.141. The van der Waals surface area contributed by atoms with E-state index in [0.29, 0.717) is 31.7 Å². The minimum absolute atomic E-state index is 0.260. The fourth-order valence-electron chi connectivity index (χ4n) is 4.61. The number of benzene rings is 1. The number of aryl methyl sites for hydroxylation is 1. The lowest BCUT2D eigenvalue weighted by Gasteiger charge is -2.28. The van der Waals surface area contributed by atoms with Crippen molar-refractivity contribution in [1.29, 1.82) is 0 Å². The first-order valence-corrected chi connectivity index (χ1v) is 8.84. The van der Waals surface area contributed by atoms with Gasteiger partial charge in [-0.05, 0) is 54.9 Å². The summed E-state index contributed by atoms with van der Waals surface area (Å²) in [5.74, 6) is 0.889. The number of hydrogen-bond acceptors (Lipinski definition) is 3. The summed E-state index contributed by atoms with van der Waals surface area (Å²) in [6, 6.07) is 11.9. The lowest BCUT2D eigenvalue weighted by Crippen LogP contribution is -2.29. The van der Waals surface area contributed by atoms with Gasteiger partial charge in [0.1, 0.15) is 11.5 Å². The van der Waals surface area contributed by atoms with Crippen molar-refractivity contribution in [3.63, 3.8) is 0 Å². The normalized spacial score (nSPS) is 28.4. The Morgan fingerprint density at radius 2 is 1.69 bits per heavy atom.